The van der Waals surface area contributed by atoms with Gasteiger partial charge in [0.1, 0.15) is 0 Å². The second-order valence-corrected chi connectivity index (χ2v) is 3.49. The van der Waals surface area contributed by atoms with Gasteiger partial charge in [-0.25, -0.2) is 0 Å². The van der Waals surface area contributed by atoms with Gasteiger partial charge in [-0.15, -0.1) is 0 Å². The Morgan fingerprint density at radius 1 is 1.45 bits per heavy atom. The second kappa shape index (κ2) is 2.44. The maximum atomic E-state index is 5.82. The maximum absolute atomic E-state index is 5.82. The number of nitrogens with zero attached hydrogens (tertiary/aromatic N) is 3. The Hall–Kier alpha value is -0.640. The maximum Gasteiger partial charge on any atom is 0.0964 e. The van der Waals surface area contributed by atoms with Crippen LogP contribution in [0.3, 0.4) is 0 Å². The Morgan fingerprint density at radius 3 is 3.09 bits per heavy atom. The van der Waals surface area contributed by atoms with Crippen molar-refractivity contribution < 1.29 is 0 Å². The van der Waals surface area contributed by atoms with Crippen molar-refractivity contribution in [2.24, 2.45) is 16.1 Å². The van der Waals surface area contributed by atoms with Crippen molar-refractivity contribution in [1.82, 2.24) is 5.01 Å². The molecule has 0 bridgehead atoms. The van der Waals surface area contributed by atoms with Crippen LogP contribution in [0.25, 0.3) is 0 Å². The zero-order valence-corrected chi connectivity index (χ0v) is 6.77. The standard InChI is InChI=1S/C7H14N4/c1-11-7-3-2-5(8)4-6(7)9-10-11/h5-7H,2-4,8H2,1H3. The van der Waals surface area contributed by atoms with Crippen LogP contribution in [-0.2, 0) is 0 Å². The van der Waals surface area contributed by atoms with Gasteiger partial charge in [0.15, 0.2) is 0 Å². The van der Waals surface area contributed by atoms with Gasteiger partial charge in [-0.2, -0.15) is 5.11 Å². The third-order valence-electron chi connectivity index (χ3n) is 2.64. The van der Waals surface area contributed by atoms with Gasteiger partial charge in [-0.3, -0.25) is 5.01 Å². The van der Waals surface area contributed by atoms with Crippen molar-refractivity contribution >= 4 is 0 Å². The molecule has 0 spiro atoms. The van der Waals surface area contributed by atoms with E-state index in [9.17, 15) is 0 Å². The third kappa shape index (κ3) is 1.11. The van der Waals surface area contributed by atoms with Crippen molar-refractivity contribution in [3.05, 3.63) is 0 Å². The predicted molar refractivity (Wildman–Crippen MR) is 42.0 cm³/mol. The van der Waals surface area contributed by atoms with Crippen LogP contribution in [0, 0.1) is 0 Å². The fourth-order valence-corrected chi connectivity index (χ4v) is 1.94. The van der Waals surface area contributed by atoms with Crippen LogP contribution in [0.4, 0.5) is 0 Å². The van der Waals surface area contributed by atoms with Gasteiger partial charge in [-0.1, -0.05) is 5.22 Å². The summed E-state index contributed by atoms with van der Waals surface area (Å²) in [6.45, 7) is 0. The van der Waals surface area contributed by atoms with Gasteiger partial charge < -0.3 is 5.73 Å². The largest absolute Gasteiger partial charge is 0.328 e. The first-order valence-corrected chi connectivity index (χ1v) is 4.16. The van der Waals surface area contributed by atoms with Crippen LogP contribution < -0.4 is 5.73 Å². The van der Waals surface area contributed by atoms with Gasteiger partial charge >= 0.3 is 0 Å². The van der Waals surface area contributed by atoms with Crippen molar-refractivity contribution in [3.8, 4) is 0 Å². The van der Waals surface area contributed by atoms with Gasteiger partial charge in [0.05, 0.1) is 12.1 Å². The number of likely N-dealkylation sites (N-methyl/N-ethyl adjacent to an activating group) is 1. The van der Waals surface area contributed by atoms with Crippen LogP contribution in [0.5, 0.6) is 0 Å². The molecule has 1 saturated carbocycles. The highest BCUT2D eigenvalue weighted by Crippen LogP contribution is 2.28. The molecule has 0 aromatic carbocycles. The number of hydrogen-bond donors (Lipinski definition) is 1. The minimum Gasteiger partial charge on any atom is -0.328 e. The summed E-state index contributed by atoms with van der Waals surface area (Å²) < 4.78 is 0. The van der Waals surface area contributed by atoms with E-state index in [1.807, 2.05) is 12.1 Å². The van der Waals surface area contributed by atoms with Crippen LogP contribution in [0.2, 0.25) is 0 Å². The summed E-state index contributed by atoms with van der Waals surface area (Å²) in [5, 5.41) is 10.1. The van der Waals surface area contributed by atoms with E-state index in [4.69, 9.17) is 5.73 Å². The predicted octanol–water partition coefficient (Wildman–Crippen LogP) is 0.547. The monoisotopic (exact) mass is 154 g/mol. The van der Waals surface area contributed by atoms with Crippen molar-refractivity contribution in [3.63, 3.8) is 0 Å². The van der Waals surface area contributed by atoms with E-state index in [1.54, 1.807) is 0 Å². The topological polar surface area (TPSA) is 54.0 Å². The summed E-state index contributed by atoms with van der Waals surface area (Å²) in [5.41, 5.74) is 5.82. The Labute approximate surface area is 66.4 Å². The lowest BCUT2D eigenvalue weighted by Crippen LogP contribution is -2.42. The molecule has 1 heterocycles. The minimum atomic E-state index is 0.349. The SMILES string of the molecule is CN1N=NC2CC(N)CCC21. The molecule has 0 aromatic heterocycles. The molecule has 0 saturated heterocycles. The van der Waals surface area contributed by atoms with E-state index in [0.29, 0.717) is 18.1 Å². The average Bonchev–Trinajstić information content (AvgIpc) is 2.32. The number of nitrogens with two attached hydrogens (primary N) is 1. The van der Waals surface area contributed by atoms with Crippen LogP contribution >= 0.6 is 0 Å². The van der Waals surface area contributed by atoms with Crippen LogP contribution in [-0.4, -0.2) is 30.2 Å². The molecule has 0 radical (unpaired) electrons. The summed E-state index contributed by atoms with van der Waals surface area (Å²) in [5.74, 6) is 0. The summed E-state index contributed by atoms with van der Waals surface area (Å²) in [6.07, 6.45) is 3.28. The smallest absolute Gasteiger partial charge is 0.0964 e. The molecule has 0 aromatic rings. The molecule has 4 heteroatoms. The summed E-state index contributed by atoms with van der Waals surface area (Å²) in [6, 6.07) is 1.26. The van der Waals surface area contributed by atoms with Gasteiger partial charge in [0.2, 0.25) is 0 Å². The molecule has 11 heavy (non-hydrogen) atoms. The molecule has 4 nitrogen and oxygen atoms in total. The molecule has 3 atom stereocenters. The molecule has 1 aliphatic heterocycles. The van der Waals surface area contributed by atoms with Gasteiger partial charge in [-0.05, 0) is 19.3 Å². The van der Waals surface area contributed by atoms with Gasteiger partial charge in [0.25, 0.3) is 0 Å². The average molecular weight is 154 g/mol. The molecular formula is C7H14N4. The first-order chi connectivity index (χ1) is 5.27. The van der Waals surface area contributed by atoms with Gasteiger partial charge in [0, 0.05) is 13.1 Å². The van der Waals surface area contributed by atoms with Crippen LogP contribution in [0.1, 0.15) is 19.3 Å². The molecule has 1 fully saturated rings. The Kier molecular flexibility index (Phi) is 1.56. The molecule has 1 aliphatic carbocycles. The Bertz CT molecular complexity index is 179. The molecule has 0 amide bonds. The lowest BCUT2D eigenvalue weighted by Gasteiger charge is -2.29. The minimum absolute atomic E-state index is 0.349. The second-order valence-electron chi connectivity index (χ2n) is 3.49. The van der Waals surface area contributed by atoms with Crippen molar-refractivity contribution in [1.29, 1.82) is 0 Å². The van der Waals surface area contributed by atoms with E-state index in [-0.39, 0.29) is 0 Å². The Balaban J connectivity index is 2.05. The van der Waals surface area contributed by atoms with Crippen LogP contribution in [0.15, 0.2) is 10.3 Å². The van der Waals surface area contributed by atoms with E-state index >= 15 is 0 Å². The molecule has 2 aliphatic rings. The molecule has 2 rings (SSSR count). The fraction of sp³-hybridized carbons (Fsp3) is 1.00. The quantitative estimate of drug-likeness (QED) is 0.554. The highest BCUT2D eigenvalue weighted by atomic mass is 15.6. The van der Waals surface area contributed by atoms with E-state index in [1.165, 1.54) is 0 Å². The summed E-state index contributed by atoms with van der Waals surface area (Å²) in [4.78, 5) is 0. The molecular weight excluding hydrogens is 140 g/mol. The highest BCUT2D eigenvalue weighted by Gasteiger charge is 2.35. The fourth-order valence-electron chi connectivity index (χ4n) is 1.94. The highest BCUT2D eigenvalue weighted by molar-refractivity contribution is 4.92. The van der Waals surface area contributed by atoms with E-state index < -0.39 is 0 Å². The first kappa shape index (κ1) is 7.03. The van der Waals surface area contributed by atoms with Crippen molar-refractivity contribution in [2.75, 3.05) is 7.05 Å². The zero-order valence-electron chi connectivity index (χ0n) is 6.77. The summed E-state index contributed by atoms with van der Waals surface area (Å²) in [7, 11) is 1.99. The lowest BCUT2D eigenvalue weighted by molar-refractivity contribution is 0.212. The normalized spacial score (nSPS) is 42.7. The number of fused-ring (bicyclic) bond motifs is 1. The van der Waals surface area contributed by atoms with E-state index in [2.05, 4.69) is 10.3 Å². The number of hydrogen-bond acceptors (Lipinski definition) is 4. The molecule has 3 unspecified atom stereocenters. The summed E-state index contributed by atoms with van der Waals surface area (Å²) >= 11 is 0. The number of rotatable bonds is 0. The zero-order chi connectivity index (χ0) is 7.84. The van der Waals surface area contributed by atoms with E-state index in [0.717, 1.165) is 19.3 Å². The molecule has 2 N–H and O–H groups in total. The lowest BCUT2D eigenvalue weighted by atomic mass is 9.88. The third-order valence-corrected chi connectivity index (χ3v) is 2.64. The van der Waals surface area contributed by atoms with Crippen molar-refractivity contribution in [2.45, 2.75) is 37.4 Å². The molecule has 62 valence electrons. The first-order valence-electron chi connectivity index (χ1n) is 4.16. The Morgan fingerprint density at radius 2 is 2.27 bits per heavy atom.